The van der Waals surface area contributed by atoms with Gasteiger partial charge in [0.15, 0.2) is 0 Å². The first kappa shape index (κ1) is 17.0. The molecule has 0 aromatic carbocycles. The fraction of sp³-hybridized carbons (Fsp3) is 1.00. The number of rotatable bonds is 11. The van der Waals surface area contributed by atoms with Crippen LogP contribution in [0.25, 0.3) is 0 Å². The summed E-state index contributed by atoms with van der Waals surface area (Å²) in [6, 6.07) is 0.737. The van der Waals surface area contributed by atoms with Crippen LogP contribution in [0.5, 0.6) is 0 Å². The topological polar surface area (TPSA) is 12.0 Å². The van der Waals surface area contributed by atoms with Gasteiger partial charge in [-0.25, -0.2) is 0 Å². The van der Waals surface area contributed by atoms with E-state index in [0.29, 0.717) is 0 Å². The molecule has 0 spiro atoms. The maximum absolute atomic E-state index is 3.41. The van der Waals surface area contributed by atoms with Crippen molar-refractivity contribution in [1.82, 2.24) is 5.32 Å². The van der Waals surface area contributed by atoms with E-state index in [2.05, 4.69) is 40.1 Å². The maximum atomic E-state index is 3.41. The zero-order valence-corrected chi connectivity index (χ0v) is 12.9. The third kappa shape index (κ3) is 8.65. The van der Waals surface area contributed by atoms with Crippen molar-refractivity contribution in [2.75, 3.05) is 7.05 Å². The van der Waals surface area contributed by atoms with E-state index >= 15 is 0 Å². The molecule has 0 rings (SSSR count). The number of hydrogen-bond donors (Lipinski definition) is 1. The Morgan fingerprint density at radius 1 is 0.941 bits per heavy atom. The van der Waals surface area contributed by atoms with Crippen LogP contribution in [0.3, 0.4) is 0 Å². The first-order valence-corrected chi connectivity index (χ1v) is 7.85. The summed E-state index contributed by atoms with van der Waals surface area (Å²) in [7, 11) is 2.09. The molecule has 3 unspecified atom stereocenters. The molecule has 0 heterocycles. The van der Waals surface area contributed by atoms with Crippen molar-refractivity contribution >= 4 is 0 Å². The first-order chi connectivity index (χ1) is 8.17. The van der Waals surface area contributed by atoms with Crippen molar-refractivity contribution in [1.29, 1.82) is 0 Å². The van der Waals surface area contributed by atoms with Crippen molar-refractivity contribution in [3.05, 3.63) is 0 Å². The fourth-order valence-electron chi connectivity index (χ4n) is 2.73. The molecule has 0 aromatic rings. The second-order valence-electron chi connectivity index (χ2n) is 5.73. The molecule has 0 amide bonds. The molecule has 0 bridgehead atoms. The van der Waals surface area contributed by atoms with Crippen LogP contribution in [0.4, 0.5) is 0 Å². The van der Waals surface area contributed by atoms with Gasteiger partial charge in [-0.15, -0.1) is 0 Å². The van der Waals surface area contributed by atoms with E-state index in [0.717, 1.165) is 17.9 Å². The van der Waals surface area contributed by atoms with Crippen molar-refractivity contribution in [2.24, 2.45) is 11.8 Å². The van der Waals surface area contributed by atoms with Gasteiger partial charge in [0, 0.05) is 6.04 Å². The molecule has 0 fully saturated rings. The zero-order chi connectivity index (χ0) is 13.1. The molecule has 0 saturated carbocycles. The van der Waals surface area contributed by atoms with Gasteiger partial charge < -0.3 is 5.32 Å². The Hall–Kier alpha value is -0.0400. The summed E-state index contributed by atoms with van der Waals surface area (Å²) in [4.78, 5) is 0. The van der Waals surface area contributed by atoms with E-state index in [1.165, 1.54) is 51.4 Å². The van der Waals surface area contributed by atoms with Crippen molar-refractivity contribution in [3.8, 4) is 0 Å². The molecule has 0 saturated heterocycles. The third-order valence-corrected chi connectivity index (χ3v) is 4.20. The molecule has 0 aliphatic rings. The largest absolute Gasteiger partial charge is 0.317 e. The third-order valence-electron chi connectivity index (χ3n) is 4.20. The molecule has 0 aromatic heterocycles. The first-order valence-electron chi connectivity index (χ1n) is 7.85. The van der Waals surface area contributed by atoms with Crippen LogP contribution < -0.4 is 5.32 Å². The highest BCUT2D eigenvalue weighted by Gasteiger charge is 2.12. The highest BCUT2D eigenvalue weighted by Crippen LogP contribution is 2.24. The average Bonchev–Trinajstić information content (AvgIpc) is 2.34. The van der Waals surface area contributed by atoms with Gasteiger partial charge in [0.05, 0.1) is 0 Å². The Bertz CT molecular complexity index is 152. The lowest BCUT2D eigenvalue weighted by atomic mass is 9.86. The van der Waals surface area contributed by atoms with E-state index in [1.807, 2.05) is 0 Å². The second-order valence-corrected chi connectivity index (χ2v) is 5.73. The molecule has 0 aliphatic heterocycles. The summed E-state index contributed by atoms with van der Waals surface area (Å²) in [5, 5.41) is 3.41. The summed E-state index contributed by atoms with van der Waals surface area (Å²) in [5.41, 5.74) is 0. The van der Waals surface area contributed by atoms with Gasteiger partial charge in [0.1, 0.15) is 0 Å². The molecule has 0 radical (unpaired) electrons. The lowest BCUT2D eigenvalue weighted by Crippen LogP contribution is -2.24. The molecule has 104 valence electrons. The van der Waals surface area contributed by atoms with Gasteiger partial charge in [0.2, 0.25) is 0 Å². The van der Waals surface area contributed by atoms with Gasteiger partial charge >= 0.3 is 0 Å². The van der Waals surface area contributed by atoms with Crippen LogP contribution in [0.15, 0.2) is 0 Å². The highest BCUT2D eigenvalue weighted by atomic mass is 14.9. The Labute approximate surface area is 110 Å². The maximum Gasteiger partial charge on any atom is 0.00614 e. The minimum absolute atomic E-state index is 0.737. The summed E-state index contributed by atoms with van der Waals surface area (Å²) < 4.78 is 0. The van der Waals surface area contributed by atoms with Crippen LogP contribution in [0.2, 0.25) is 0 Å². The van der Waals surface area contributed by atoms with Gasteiger partial charge in [0.25, 0.3) is 0 Å². The van der Waals surface area contributed by atoms with Crippen molar-refractivity contribution in [2.45, 2.75) is 85.1 Å². The normalized spacial score (nSPS) is 16.8. The van der Waals surface area contributed by atoms with Crippen LogP contribution in [-0.2, 0) is 0 Å². The minimum atomic E-state index is 0.737. The second kappa shape index (κ2) is 11.1. The smallest absolute Gasteiger partial charge is 0.00614 e. The van der Waals surface area contributed by atoms with Crippen molar-refractivity contribution in [3.63, 3.8) is 0 Å². The lowest BCUT2D eigenvalue weighted by molar-refractivity contribution is 0.325. The molecule has 3 atom stereocenters. The van der Waals surface area contributed by atoms with Gasteiger partial charge in [-0.3, -0.25) is 0 Å². The molecule has 1 heteroatoms. The summed E-state index contributed by atoms with van der Waals surface area (Å²) in [5.74, 6) is 1.89. The van der Waals surface area contributed by atoms with E-state index in [-0.39, 0.29) is 0 Å². The summed E-state index contributed by atoms with van der Waals surface area (Å²) in [6.45, 7) is 9.34. The molecule has 0 aliphatic carbocycles. The van der Waals surface area contributed by atoms with Crippen molar-refractivity contribution < 1.29 is 0 Å². The van der Waals surface area contributed by atoms with Gasteiger partial charge in [-0.2, -0.15) is 0 Å². The molecule has 1 N–H and O–H groups in total. The Morgan fingerprint density at radius 3 is 2.12 bits per heavy atom. The molecular formula is C16H35N. The summed E-state index contributed by atoms with van der Waals surface area (Å²) in [6.07, 6.45) is 11.0. The Kier molecular flexibility index (Phi) is 11.0. The van der Waals surface area contributed by atoms with Crippen LogP contribution in [-0.4, -0.2) is 13.1 Å². The fourth-order valence-corrected chi connectivity index (χ4v) is 2.73. The van der Waals surface area contributed by atoms with E-state index in [1.54, 1.807) is 0 Å². The quantitative estimate of drug-likeness (QED) is 0.536. The summed E-state index contributed by atoms with van der Waals surface area (Å²) >= 11 is 0. The van der Waals surface area contributed by atoms with Gasteiger partial charge in [-0.1, -0.05) is 59.8 Å². The lowest BCUT2D eigenvalue weighted by Gasteiger charge is -2.21. The molecule has 1 nitrogen and oxygen atoms in total. The van der Waals surface area contributed by atoms with E-state index < -0.39 is 0 Å². The van der Waals surface area contributed by atoms with E-state index in [4.69, 9.17) is 0 Å². The standard InChI is InChI=1S/C16H35N/c1-6-10-15(13-14(4)7-2)11-9-12-16(8-3)17-5/h14-17H,6-13H2,1-5H3. The number of nitrogens with one attached hydrogen (secondary N) is 1. The van der Waals surface area contributed by atoms with E-state index in [9.17, 15) is 0 Å². The Balaban J connectivity index is 3.83. The minimum Gasteiger partial charge on any atom is -0.317 e. The zero-order valence-electron chi connectivity index (χ0n) is 12.9. The SMILES string of the molecule is CCCC(CCCC(CC)NC)CC(C)CC. The number of hydrogen-bond acceptors (Lipinski definition) is 1. The predicted molar refractivity (Wildman–Crippen MR) is 79.5 cm³/mol. The van der Waals surface area contributed by atoms with Crippen LogP contribution >= 0.6 is 0 Å². The molecular weight excluding hydrogens is 206 g/mol. The predicted octanol–water partition coefficient (Wildman–Crippen LogP) is 5.01. The molecule has 17 heavy (non-hydrogen) atoms. The average molecular weight is 241 g/mol. The van der Waals surface area contributed by atoms with Gasteiger partial charge in [-0.05, 0) is 38.1 Å². The highest BCUT2D eigenvalue weighted by molar-refractivity contribution is 4.67. The van der Waals surface area contributed by atoms with Crippen LogP contribution in [0.1, 0.15) is 79.1 Å². The monoisotopic (exact) mass is 241 g/mol. The van der Waals surface area contributed by atoms with Crippen LogP contribution in [0, 0.1) is 11.8 Å². The Morgan fingerprint density at radius 2 is 1.65 bits per heavy atom.